The number of amides is 1. The van der Waals surface area contributed by atoms with E-state index in [4.69, 9.17) is 10.3 Å². The maximum atomic E-state index is 12.3. The zero-order valence-corrected chi connectivity index (χ0v) is 16.2. The van der Waals surface area contributed by atoms with Crippen molar-refractivity contribution in [3.05, 3.63) is 35.6 Å². The first-order chi connectivity index (χ1) is 11.6. The summed E-state index contributed by atoms with van der Waals surface area (Å²) in [7, 11) is 0. The van der Waals surface area contributed by atoms with Crippen LogP contribution in [0.1, 0.15) is 30.1 Å². The predicted molar refractivity (Wildman–Crippen MR) is 102 cm³/mol. The number of nitrogens with zero attached hydrogens (tertiary/aromatic N) is 4. The fraction of sp³-hybridized carbons (Fsp3) is 0.500. The van der Waals surface area contributed by atoms with Crippen LogP contribution in [0, 0.1) is 12.8 Å². The summed E-state index contributed by atoms with van der Waals surface area (Å²) in [5.74, 6) is 1.74. The van der Waals surface area contributed by atoms with Gasteiger partial charge in [-0.25, -0.2) is 4.98 Å². The second kappa shape index (κ2) is 10.4. The molecule has 1 fully saturated rings. The first-order valence-electron chi connectivity index (χ1n) is 8.11. The standard InChI is InChI=1S/C16H22N6O2.2ClH/c1-11-2-3-13(18-9-11)20-16(23)12-4-6-22(7-5-12)10-14-19-15(8-17)24-21-14;;/h2-3,9,12H,4-8,10,17H2,1H3,(H,18,20,23);2*1H. The van der Waals surface area contributed by atoms with Gasteiger partial charge in [0.05, 0.1) is 13.1 Å². The minimum Gasteiger partial charge on any atom is -0.338 e. The van der Waals surface area contributed by atoms with Crippen molar-refractivity contribution in [3.63, 3.8) is 0 Å². The van der Waals surface area contributed by atoms with Crippen LogP contribution in [0.2, 0.25) is 0 Å². The van der Waals surface area contributed by atoms with Gasteiger partial charge in [-0.2, -0.15) is 4.98 Å². The lowest BCUT2D eigenvalue weighted by Gasteiger charge is -2.30. The largest absolute Gasteiger partial charge is 0.338 e. The highest BCUT2D eigenvalue weighted by Gasteiger charge is 2.26. The van der Waals surface area contributed by atoms with E-state index in [1.165, 1.54) is 0 Å². The summed E-state index contributed by atoms with van der Waals surface area (Å²) < 4.78 is 5.01. The van der Waals surface area contributed by atoms with Crippen LogP contribution >= 0.6 is 24.8 Å². The number of anilines is 1. The van der Waals surface area contributed by atoms with Crippen molar-refractivity contribution in [2.45, 2.75) is 32.9 Å². The minimum atomic E-state index is 0. The highest BCUT2D eigenvalue weighted by atomic mass is 35.5. The molecular formula is C16H24Cl2N6O2. The molecule has 0 aliphatic carbocycles. The number of piperidine rings is 1. The van der Waals surface area contributed by atoms with Crippen molar-refractivity contribution in [1.82, 2.24) is 20.0 Å². The predicted octanol–water partition coefficient (Wildman–Crippen LogP) is 1.93. The Labute approximate surface area is 164 Å². The Kier molecular flexibility index (Phi) is 8.94. The molecule has 2 aromatic heterocycles. The van der Waals surface area contributed by atoms with Crippen LogP contribution in [-0.2, 0) is 17.9 Å². The number of likely N-dealkylation sites (tertiary alicyclic amines) is 1. The number of halogens is 2. The van der Waals surface area contributed by atoms with Crippen LogP contribution in [0.15, 0.2) is 22.9 Å². The number of rotatable bonds is 5. The number of nitrogens with two attached hydrogens (primary N) is 1. The summed E-state index contributed by atoms with van der Waals surface area (Å²) in [6, 6.07) is 3.76. The molecule has 1 aliphatic heterocycles. The molecule has 3 N–H and O–H groups in total. The lowest BCUT2D eigenvalue weighted by Crippen LogP contribution is -2.38. The van der Waals surface area contributed by atoms with E-state index in [9.17, 15) is 4.79 Å². The normalized spacial score (nSPS) is 15.0. The Bertz CT molecular complexity index is 686. The van der Waals surface area contributed by atoms with Crippen LogP contribution in [0.5, 0.6) is 0 Å². The molecule has 2 aromatic rings. The summed E-state index contributed by atoms with van der Waals surface area (Å²) in [6.07, 6.45) is 3.36. The highest BCUT2D eigenvalue weighted by Crippen LogP contribution is 2.20. The smallest absolute Gasteiger partial charge is 0.240 e. The molecule has 0 atom stereocenters. The van der Waals surface area contributed by atoms with Crippen LogP contribution in [0.4, 0.5) is 5.82 Å². The Balaban J connectivity index is 0.00000169. The van der Waals surface area contributed by atoms with Gasteiger partial charge in [-0.1, -0.05) is 11.2 Å². The van der Waals surface area contributed by atoms with E-state index in [2.05, 4.69) is 25.3 Å². The third-order valence-corrected chi connectivity index (χ3v) is 4.17. The second-order valence-corrected chi connectivity index (χ2v) is 6.07. The molecule has 3 rings (SSSR count). The van der Waals surface area contributed by atoms with E-state index < -0.39 is 0 Å². The number of nitrogens with one attached hydrogen (secondary N) is 1. The number of carbonyl (C=O) groups excluding carboxylic acids is 1. The van der Waals surface area contributed by atoms with E-state index in [1.807, 2.05) is 19.1 Å². The van der Waals surface area contributed by atoms with E-state index in [0.717, 1.165) is 31.5 Å². The maximum Gasteiger partial charge on any atom is 0.240 e. The summed E-state index contributed by atoms with van der Waals surface area (Å²) in [4.78, 5) is 23.0. The molecule has 0 bridgehead atoms. The molecule has 0 unspecified atom stereocenters. The van der Waals surface area contributed by atoms with Crippen LogP contribution in [0.25, 0.3) is 0 Å². The molecule has 1 saturated heterocycles. The lowest BCUT2D eigenvalue weighted by atomic mass is 9.96. The Hall–Kier alpha value is -1.74. The van der Waals surface area contributed by atoms with Gasteiger partial charge in [0.1, 0.15) is 5.82 Å². The van der Waals surface area contributed by atoms with Crippen molar-refractivity contribution < 1.29 is 9.32 Å². The maximum absolute atomic E-state index is 12.3. The zero-order chi connectivity index (χ0) is 16.9. The molecule has 1 aliphatic rings. The monoisotopic (exact) mass is 402 g/mol. The van der Waals surface area contributed by atoms with Gasteiger partial charge < -0.3 is 15.6 Å². The van der Waals surface area contributed by atoms with Crippen molar-refractivity contribution in [2.75, 3.05) is 18.4 Å². The molecule has 0 aromatic carbocycles. The first kappa shape index (κ1) is 22.3. The second-order valence-electron chi connectivity index (χ2n) is 6.07. The fourth-order valence-electron chi connectivity index (χ4n) is 2.76. The molecule has 1 amide bonds. The molecule has 3 heterocycles. The first-order valence-corrected chi connectivity index (χ1v) is 8.11. The van der Waals surface area contributed by atoms with E-state index in [0.29, 0.717) is 24.1 Å². The molecule has 0 saturated carbocycles. The third-order valence-electron chi connectivity index (χ3n) is 4.17. The van der Waals surface area contributed by atoms with Crippen LogP contribution in [-0.4, -0.2) is 39.0 Å². The molecule has 144 valence electrons. The molecule has 26 heavy (non-hydrogen) atoms. The quantitative estimate of drug-likeness (QED) is 0.785. The van der Waals surface area contributed by atoms with E-state index in [-0.39, 0.29) is 43.2 Å². The van der Waals surface area contributed by atoms with Crippen LogP contribution < -0.4 is 11.1 Å². The Morgan fingerprint density at radius 2 is 2.08 bits per heavy atom. The topological polar surface area (TPSA) is 110 Å². The zero-order valence-electron chi connectivity index (χ0n) is 14.6. The number of pyridine rings is 1. The summed E-state index contributed by atoms with van der Waals surface area (Å²) in [6.45, 7) is 4.49. The summed E-state index contributed by atoms with van der Waals surface area (Å²) >= 11 is 0. The Morgan fingerprint density at radius 1 is 1.35 bits per heavy atom. The molecule has 8 nitrogen and oxygen atoms in total. The average molecular weight is 403 g/mol. The minimum absolute atomic E-state index is 0. The highest BCUT2D eigenvalue weighted by molar-refractivity contribution is 5.91. The van der Waals surface area contributed by atoms with Gasteiger partial charge in [-0.05, 0) is 44.5 Å². The van der Waals surface area contributed by atoms with Crippen LogP contribution in [0.3, 0.4) is 0 Å². The molecule has 10 heteroatoms. The van der Waals surface area contributed by atoms with E-state index in [1.54, 1.807) is 6.20 Å². The summed E-state index contributed by atoms with van der Waals surface area (Å²) in [5, 5.41) is 6.80. The lowest BCUT2D eigenvalue weighted by molar-refractivity contribution is -0.121. The van der Waals surface area contributed by atoms with Gasteiger partial charge in [0, 0.05) is 12.1 Å². The number of hydrogen-bond donors (Lipinski definition) is 2. The third kappa shape index (κ3) is 5.91. The van der Waals surface area contributed by atoms with Crippen molar-refractivity contribution in [1.29, 1.82) is 0 Å². The molecular weight excluding hydrogens is 379 g/mol. The van der Waals surface area contributed by atoms with Crippen molar-refractivity contribution in [3.8, 4) is 0 Å². The van der Waals surface area contributed by atoms with Gasteiger partial charge >= 0.3 is 0 Å². The SMILES string of the molecule is Cc1ccc(NC(=O)C2CCN(Cc3noc(CN)n3)CC2)nc1.Cl.Cl. The number of hydrogen-bond acceptors (Lipinski definition) is 7. The fourth-order valence-corrected chi connectivity index (χ4v) is 2.76. The van der Waals surface area contributed by atoms with Gasteiger partial charge in [0.15, 0.2) is 5.82 Å². The van der Waals surface area contributed by atoms with Crippen molar-refractivity contribution in [2.24, 2.45) is 11.7 Å². The average Bonchev–Trinajstić information content (AvgIpc) is 3.05. The van der Waals surface area contributed by atoms with Gasteiger partial charge in [0.25, 0.3) is 0 Å². The van der Waals surface area contributed by atoms with Gasteiger partial charge in [0.2, 0.25) is 11.8 Å². The van der Waals surface area contributed by atoms with E-state index >= 15 is 0 Å². The molecule has 0 radical (unpaired) electrons. The van der Waals surface area contributed by atoms with Gasteiger partial charge in [-0.15, -0.1) is 24.8 Å². The Morgan fingerprint density at radius 3 is 2.65 bits per heavy atom. The summed E-state index contributed by atoms with van der Waals surface area (Å²) in [5.41, 5.74) is 6.53. The van der Waals surface area contributed by atoms with Gasteiger partial charge in [-0.3, -0.25) is 9.69 Å². The number of carbonyl (C=O) groups is 1. The van der Waals surface area contributed by atoms with Crippen molar-refractivity contribution >= 4 is 36.5 Å². The number of aromatic nitrogens is 3. The number of aryl methyl sites for hydroxylation is 1. The molecule has 0 spiro atoms.